The number of benzene rings is 1. The van der Waals surface area contributed by atoms with Gasteiger partial charge in [-0.25, -0.2) is 22.8 Å². The summed E-state index contributed by atoms with van der Waals surface area (Å²) in [7, 11) is 0. The fourth-order valence-corrected chi connectivity index (χ4v) is 1.61. The van der Waals surface area contributed by atoms with Crippen molar-refractivity contribution in [1.29, 1.82) is 0 Å². The first kappa shape index (κ1) is 14.5. The van der Waals surface area contributed by atoms with Gasteiger partial charge in [-0.3, -0.25) is 0 Å². The maximum absolute atomic E-state index is 13.2. The second-order valence-corrected chi connectivity index (χ2v) is 5.42. The van der Waals surface area contributed by atoms with Crippen molar-refractivity contribution < 1.29 is 13.2 Å². The first-order valence-electron chi connectivity index (χ1n) is 6.07. The van der Waals surface area contributed by atoms with Gasteiger partial charge in [-0.1, -0.05) is 0 Å². The molecule has 0 amide bonds. The molecule has 0 aliphatic heterocycles. The lowest BCUT2D eigenvalue weighted by Crippen LogP contribution is -2.35. The van der Waals surface area contributed by atoms with Crippen LogP contribution in [0.2, 0.25) is 0 Å². The van der Waals surface area contributed by atoms with Crippen LogP contribution in [-0.4, -0.2) is 20.3 Å². The van der Waals surface area contributed by atoms with E-state index >= 15 is 0 Å². The quantitative estimate of drug-likeness (QED) is 0.881. The predicted octanol–water partition coefficient (Wildman–Crippen LogP) is 2.57. The predicted molar refractivity (Wildman–Crippen MR) is 67.8 cm³/mol. The van der Waals surface area contributed by atoms with E-state index in [-0.39, 0.29) is 11.2 Å². The van der Waals surface area contributed by atoms with Crippen molar-refractivity contribution in [3.05, 3.63) is 41.7 Å². The van der Waals surface area contributed by atoms with Crippen molar-refractivity contribution in [3.8, 4) is 5.69 Å². The third kappa shape index (κ3) is 3.16. The van der Waals surface area contributed by atoms with Gasteiger partial charge in [-0.15, -0.1) is 0 Å². The summed E-state index contributed by atoms with van der Waals surface area (Å²) in [4.78, 5) is 4.03. The van der Waals surface area contributed by atoms with E-state index in [0.29, 0.717) is 12.4 Å². The second-order valence-electron chi connectivity index (χ2n) is 5.42. The number of nitrogens with zero attached hydrogens (tertiary/aromatic N) is 3. The van der Waals surface area contributed by atoms with Crippen molar-refractivity contribution in [3.63, 3.8) is 0 Å². The molecular weight excluding hydrogens is 269 g/mol. The molecule has 0 aliphatic rings. The summed E-state index contributed by atoms with van der Waals surface area (Å²) in [6.45, 7) is 6.30. The highest BCUT2D eigenvalue weighted by Gasteiger charge is 2.16. The molecule has 2 aromatic rings. The average Bonchev–Trinajstić information content (AvgIpc) is 2.80. The Morgan fingerprint density at radius 2 is 1.75 bits per heavy atom. The van der Waals surface area contributed by atoms with Crippen LogP contribution in [-0.2, 0) is 6.54 Å². The third-order valence-electron chi connectivity index (χ3n) is 2.61. The fraction of sp³-hybridized carbons (Fsp3) is 0.385. The van der Waals surface area contributed by atoms with Crippen molar-refractivity contribution in [2.45, 2.75) is 32.9 Å². The van der Waals surface area contributed by atoms with Crippen LogP contribution < -0.4 is 5.32 Å². The molecule has 1 N–H and O–H groups in total. The van der Waals surface area contributed by atoms with Crippen LogP contribution in [0.4, 0.5) is 13.2 Å². The van der Waals surface area contributed by atoms with Crippen molar-refractivity contribution in [2.24, 2.45) is 0 Å². The molecule has 0 bridgehead atoms. The first-order chi connectivity index (χ1) is 9.28. The molecule has 4 nitrogen and oxygen atoms in total. The van der Waals surface area contributed by atoms with Gasteiger partial charge < -0.3 is 5.32 Å². The third-order valence-corrected chi connectivity index (χ3v) is 2.61. The van der Waals surface area contributed by atoms with Crippen LogP contribution in [0, 0.1) is 17.5 Å². The SMILES string of the molecule is CC(C)(C)NCc1ncnn1-c1cc(F)c(F)c(F)c1. The standard InChI is InChI=1S/C13H15F3N4/c1-13(2,3)18-6-11-17-7-19-20(11)8-4-9(14)12(16)10(15)5-8/h4-5,7,18H,6H2,1-3H3. The lowest BCUT2D eigenvalue weighted by molar-refractivity contribution is 0.414. The Balaban J connectivity index is 2.33. The molecule has 0 aliphatic carbocycles. The van der Waals surface area contributed by atoms with E-state index in [1.165, 1.54) is 11.0 Å². The molecule has 0 atom stereocenters. The number of nitrogens with one attached hydrogen (secondary N) is 1. The van der Waals surface area contributed by atoms with Gasteiger partial charge in [0.05, 0.1) is 12.2 Å². The summed E-state index contributed by atoms with van der Waals surface area (Å²) < 4.78 is 40.7. The normalized spacial score (nSPS) is 11.9. The molecule has 0 radical (unpaired) electrons. The highest BCUT2D eigenvalue weighted by atomic mass is 19.2. The Morgan fingerprint density at radius 1 is 1.15 bits per heavy atom. The molecule has 0 spiro atoms. The maximum Gasteiger partial charge on any atom is 0.194 e. The van der Waals surface area contributed by atoms with Crippen molar-refractivity contribution in [1.82, 2.24) is 20.1 Å². The molecule has 1 aromatic heterocycles. The van der Waals surface area contributed by atoms with E-state index < -0.39 is 17.5 Å². The van der Waals surface area contributed by atoms with Gasteiger partial charge in [0.25, 0.3) is 0 Å². The zero-order valence-electron chi connectivity index (χ0n) is 11.4. The van der Waals surface area contributed by atoms with Gasteiger partial charge in [0, 0.05) is 17.7 Å². The van der Waals surface area contributed by atoms with Gasteiger partial charge in [0.2, 0.25) is 0 Å². The van der Waals surface area contributed by atoms with E-state index in [1.807, 2.05) is 20.8 Å². The van der Waals surface area contributed by atoms with Gasteiger partial charge >= 0.3 is 0 Å². The van der Waals surface area contributed by atoms with Crippen molar-refractivity contribution >= 4 is 0 Å². The zero-order valence-corrected chi connectivity index (χ0v) is 11.4. The van der Waals surface area contributed by atoms with E-state index in [0.717, 1.165) is 12.1 Å². The van der Waals surface area contributed by atoms with Crippen LogP contribution in [0.5, 0.6) is 0 Å². The lowest BCUT2D eigenvalue weighted by Gasteiger charge is -2.20. The topological polar surface area (TPSA) is 42.7 Å². The molecule has 108 valence electrons. The largest absolute Gasteiger partial charge is 0.305 e. The summed E-state index contributed by atoms with van der Waals surface area (Å²) in [5, 5.41) is 7.10. The summed E-state index contributed by atoms with van der Waals surface area (Å²) in [5.41, 5.74) is -0.0552. The molecule has 1 aromatic carbocycles. The molecule has 0 saturated carbocycles. The van der Waals surface area contributed by atoms with Gasteiger partial charge in [-0.05, 0) is 20.8 Å². The number of hydrogen-bond acceptors (Lipinski definition) is 3. The summed E-state index contributed by atoms with van der Waals surface area (Å²) >= 11 is 0. The monoisotopic (exact) mass is 284 g/mol. The van der Waals surface area contributed by atoms with Crippen LogP contribution >= 0.6 is 0 Å². The Hall–Kier alpha value is -1.89. The van der Waals surface area contributed by atoms with Crippen LogP contribution in [0.3, 0.4) is 0 Å². The van der Waals surface area contributed by atoms with Crippen molar-refractivity contribution in [2.75, 3.05) is 0 Å². The minimum absolute atomic E-state index is 0.0876. The van der Waals surface area contributed by atoms with Gasteiger partial charge in [-0.2, -0.15) is 5.10 Å². The first-order valence-corrected chi connectivity index (χ1v) is 6.07. The summed E-state index contributed by atoms with van der Waals surface area (Å²) in [6, 6.07) is 1.77. The highest BCUT2D eigenvalue weighted by molar-refractivity contribution is 5.33. The molecule has 0 unspecified atom stereocenters. The molecular formula is C13H15F3N4. The lowest BCUT2D eigenvalue weighted by atomic mass is 10.1. The zero-order chi connectivity index (χ0) is 14.9. The van der Waals surface area contributed by atoms with Crippen LogP contribution in [0.25, 0.3) is 5.69 Å². The number of halogens is 3. The number of hydrogen-bond donors (Lipinski definition) is 1. The van der Waals surface area contributed by atoms with E-state index in [9.17, 15) is 13.2 Å². The van der Waals surface area contributed by atoms with E-state index in [4.69, 9.17) is 0 Å². The second kappa shape index (κ2) is 5.24. The molecule has 7 heteroatoms. The minimum Gasteiger partial charge on any atom is -0.305 e. The highest BCUT2D eigenvalue weighted by Crippen LogP contribution is 2.17. The van der Waals surface area contributed by atoms with Crippen LogP contribution in [0.15, 0.2) is 18.5 Å². The number of rotatable bonds is 3. The molecule has 20 heavy (non-hydrogen) atoms. The average molecular weight is 284 g/mol. The number of aromatic nitrogens is 3. The Labute approximate surface area is 114 Å². The maximum atomic E-state index is 13.2. The van der Waals surface area contributed by atoms with E-state index in [2.05, 4.69) is 15.4 Å². The smallest absolute Gasteiger partial charge is 0.194 e. The molecule has 2 rings (SSSR count). The minimum atomic E-state index is -1.50. The molecule has 0 fully saturated rings. The Bertz CT molecular complexity index is 593. The fourth-order valence-electron chi connectivity index (χ4n) is 1.61. The Kier molecular flexibility index (Phi) is 3.80. The summed E-state index contributed by atoms with van der Waals surface area (Å²) in [5.74, 6) is -3.54. The molecule has 0 saturated heterocycles. The van der Waals surface area contributed by atoms with E-state index in [1.54, 1.807) is 0 Å². The summed E-state index contributed by atoms with van der Waals surface area (Å²) in [6.07, 6.45) is 1.28. The van der Waals surface area contributed by atoms with Gasteiger partial charge in [0.1, 0.15) is 12.2 Å². The van der Waals surface area contributed by atoms with Crippen LogP contribution in [0.1, 0.15) is 26.6 Å². The Morgan fingerprint density at radius 3 is 2.30 bits per heavy atom. The molecule has 1 heterocycles. The van der Waals surface area contributed by atoms with Gasteiger partial charge in [0.15, 0.2) is 17.5 Å².